The number of hydrogen-bond acceptors (Lipinski definition) is 1. The second kappa shape index (κ2) is 3.82. The van der Waals surface area contributed by atoms with Crippen molar-refractivity contribution >= 4 is 5.69 Å². The Kier molecular flexibility index (Phi) is 2.76. The highest BCUT2D eigenvalue weighted by molar-refractivity contribution is 5.47. The van der Waals surface area contributed by atoms with E-state index in [1.807, 2.05) is 11.9 Å². The molecule has 0 spiro atoms. The molecule has 0 fully saturated rings. The van der Waals surface area contributed by atoms with E-state index in [9.17, 15) is 0 Å². The standard InChI is InChI=1S/C11H13N/c1-4-9-12(3)11-7-5-10(2)6-8-11/h1,5-8H,9H2,2-3H3. The first-order valence-corrected chi connectivity index (χ1v) is 3.95. The molecule has 0 amide bonds. The second-order valence-electron chi connectivity index (χ2n) is 2.90. The van der Waals surface area contributed by atoms with Crippen molar-refractivity contribution in [2.45, 2.75) is 6.92 Å². The fourth-order valence-corrected chi connectivity index (χ4v) is 1.03. The van der Waals surface area contributed by atoms with Gasteiger partial charge in [-0.15, -0.1) is 6.42 Å². The molecule has 0 N–H and O–H groups in total. The van der Waals surface area contributed by atoms with E-state index in [-0.39, 0.29) is 0 Å². The van der Waals surface area contributed by atoms with Crippen LogP contribution in [-0.4, -0.2) is 13.6 Å². The van der Waals surface area contributed by atoms with Crippen molar-refractivity contribution in [2.75, 3.05) is 18.5 Å². The minimum absolute atomic E-state index is 0.656. The van der Waals surface area contributed by atoms with Gasteiger partial charge >= 0.3 is 0 Å². The van der Waals surface area contributed by atoms with Crippen molar-refractivity contribution in [3.63, 3.8) is 0 Å². The van der Waals surface area contributed by atoms with Crippen LogP contribution in [0.4, 0.5) is 5.69 Å². The van der Waals surface area contributed by atoms with Gasteiger partial charge in [-0.1, -0.05) is 23.6 Å². The molecule has 0 aromatic heterocycles. The van der Waals surface area contributed by atoms with Gasteiger partial charge < -0.3 is 4.90 Å². The van der Waals surface area contributed by atoms with Crippen molar-refractivity contribution < 1.29 is 0 Å². The van der Waals surface area contributed by atoms with Gasteiger partial charge in [0.15, 0.2) is 0 Å². The molecule has 0 radical (unpaired) electrons. The van der Waals surface area contributed by atoms with Crippen molar-refractivity contribution in [1.82, 2.24) is 0 Å². The van der Waals surface area contributed by atoms with Crippen LogP contribution < -0.4 is 4.90 Å². The van der Waals surface area contributed by atoms with E-state index < -0.39 is 0 Å². The summed E-state index contributed by atoms with van der Waals surface area (Å²) in [6.45, 7) is 2.73. The van der Waals surface area contributed by atoms with Crippen molar-refractivity contribution in [3.05, 3.63) is 29.8 Å². The van der Waals surface area contributed by atoms with Crippen LogP contribution in [0.2, 0.25) is 0 Å². The molecule has 1 aromatic rings. The largest absolute Gasteiger partial charge is 0.363 e. The fourth-order valence-electron chi connectivity index (χ4n) is 1.03. The molecule has 0 aliphatic carbocycles. The summed E-state index contributed by atoms with van der Waals surface area (Å²) in [5.74, 6) is 2.61. The van der Waals surface area contributed by atoms with E-state index in [0.717, 1.165) is 0 Å². The molecule has 1 aromatic carbocycles. The number of hydrogen-bond donors (Lipinski definition) is 0. The van der Waals surface area contributed by atoms with Crippen LogP contribution in [0.3, 0.4) is 0 Å². The maximum Gasteiger partial charge on any atom is 0.0788 e. The number of rotatable bonds is 2. The molecule has 1 heteroatoms. The summed E-state index contributed by atoms with van der Waals surface area (Å²) in [5, 5.41) is 0. The first-order valence-electron chi connectivity index (χ1n) is 3.95. The molecule has 0 heterocycles. The minimum atomic E-state index is 0.656. The molecule has 0 saturated heterocycles. The summed E-state index contributed by atoms with van der Waals surface area (Å²) >= 11 is 0. The maximum absolute atomic E-state index is 5.21. The molecule has 0 unspecified atom stereocenters. The Balaban J connectivity index is 2.76. The summed E-state index contributed by atoms with van der Waals surface area (Å²) in [7, 11) is 1.99. The quantitative estimate of drug-likeness (QED) is 0.597. The van der Waals surface area contributed by atoms with E-state index in [4.69, 9.17) is 6.42 Å². The van der Waals surface area contributed by atoms with Crippen molar-refractivity contribution in [2.24, 2.45) is 0 Å². The molecule has 1 rings (SSSR count). The molecule has 0 atom stereocenters. The fraction of sp³-hybridized carbons (Fsp3) is 0.273. The van der Waals surface area contributed by atoms with Gasteiger partial charge in [-0.3, -0.25) is 0 Å². The van der Waals surface area contributed by atoms with Gasteiger partial charge in [0.2, 0.25) is 0 Å². The monoisotopic (exact) mass is 159 g/mol. The van der Waals surface area contributed by atoms with Crippen LogP contribution in [0, 0.1) is 19.3 Å². The van der Waals surface area contributed by atoms with Gasteiger partial charge in [0.05, 0.1) is 6.54 Å². The van der Waals surface area contributed by atoms with Crippen LogP contribution >= 0.6 is 0 Å². The zero-order chi connectivity index (χ0) is 8.97. The molecule has 0 bridgehead atoms. The second-order valence-corrected chi connectivity index (χ2v) is 2.90. The van der Waals surface area contributed by atoms with Crippen LogP contribution in [0.1, 0.15) is 5.56 Å². The lowest BCUT2D eigenvalue weighted by Gasteiger charge is -2.15. The zero-order valence-electron chi connectivity index (χ0n) is 7.54. The third-order valence-corrected chi connectivity index (χ3v) is 1.80. The summed E-state index contributed by atoms with van der Waals surface area (Å²) < 4.78 is 0. The SMILES string of the molecule is C#CCN(C)c1ccc(C)cc1. The van der Waals surface area contributed by atoms with E-state index in [0.29, 0.717) is 6.54 Å². The lowest BCUT2D eigenvalue weighted by molar-refractivity contribution is 1.05. The Morgan fingerprint density at radius 1 is 1.33 bits per heavy atom. The van der Waals surface area contributed by atoms with Crippen LogP contribution in [-0.2, 0) is 0 Å². The molecule has 0 aliphatic rings. The Hall–Kier alpha value is -1.42. The predicted molar refractivity (Wildman–Crippen MR) is 53.3 cm³/mol. The average Bonchev–Trinajstić information content (AvgIpc) is 2.06. The molecular weight excluding hydrogens is 146 g/mol. The summed E-state index contributed by atoms with van der Waals surface area (Å²) in [6, 6.07) is 8.32. The van der Waals surface area contributed by atoms with E-state index in [1.165, 1.54) is 11.3 Å². The first kappa shape index (κ1) is 8.67. The predicted octanol–water partition coefficient (Wildman–Crippen LogP) is 2.06. The lowest BCUT2D eigenvalue weighted by Crippen LogP contribution is -2.16. The molecular formula is C11H13N. The highest BCUT2D eigenvalue weighted by atomic mass is 15.1. The normalized spacial score (nSPS) is 9.08. The Bertz CT molecular complexity index is 279. The Morgan fingerprint density at radius 2 is 1.92 bits per heavy atom. The molecule has 0 saturated carbocycles. The highest BCUT2D eigenvalue weighted by Gasteiger charge is 1.96. The van der Waals surface area contributed by atoms with Crippen LogP contribution in [0.25, 0.3) is 0 Å². The van der Waals surface area contributed by atoms with E-state index in [2.05, 4.69) is 37.1 Å². The molecule has 12 heavy (non-hydrogen) atoms. The third kappa shape index (κ3) is 2.03. The average molecular weight is 159 g/mol. The Morgan fingerprint density at radius 3 is 2.42 bits per heavy atom. The summed E-state index contributed by atoms with van der Waals surface area (Å²) in [4.78, 5) is 2.04. The van der Waals surface area contributed by atoms with Gasteiger partial charge in [0, 0.05) is 12.7 Å². The Labute approximate surface area is 74.0 Å². The van der Waals surface area contributed by atoms with Gasteiger partial charge in [0.25, 0.3) is 0 Å². The summed E-state index contributed by atoms with van der Waals surface area (Å²) in [6.07, 6.45) is 5.21. The van der Waals surface area contributed by atoms with Gasteiger partial charge in [-0.2, -0.15) is 0 Å². The van der Waals surface area contributed by atoms with Crippen molar-refractivity contribution in [3.8, 4) is 12.3 Å². The number of aryl methyl sites for hydroxylation is 1. The number of terminal acetylenes is 1. The molecule has 62 valence electrons. The van der Waals surface area contributed by atoms with Gasteiger partial charge in [-0.25, -0.2) is 0 Å². The summed E-state index contributed by atoms with van der Waals surface area (Å²) in [5.41, 5.74) is 2.44. The van der Waals surface area contributed by atoms with Gasteiger partial charge in [-0.05, 0) is 19.1 Å². The van der Waals surface area contributed by atoms with Gasteiger partial charge in [0.1, 0.15) is 0 Å². The number of anilines is 1. The maximum atomic E-state index is 5.21. The highest BCUT2D eigenvalue weighted by Crippen LogP contribution is 2.12. The lowest BCUT2D eigenvalue weighted by atomic mass is 10.2. The molecule has 0 aliphatic heterocycles. The first-order chi connectivity index (χ1) is 5.74. The zero-order valence-corrected chi connectivity index (χ0v) is 7.54. The van der Waals surface area contributed by atoms with Crippen molar-refractivity contribution in [1.29, 1.82) is 0 Å². The minimum Gasteiger partial charge on any atom is -0.363 e. The topological polar surface area (TPSA) is 3.24 Å². The smallest absolute Gasteiger partial charge is 0.0788 e. The van der Waals surface area contributed by atoms with Crippen LogP contribution in [0.15, 0.2) is 24.3 Å². The molecule has 1 nitrogen and oxygen atoms in total. The van der Waals surface area contributed by atoms with Crippen LogP contribution in [0.5, 0.6) is 0 Å². The number of nitrogens with zero attached hydrogens (tertiary/aromatic N) is 1. The van der Waals surface area contributed by atoms with E-state index in [1.54, 1.807) is 0 Å². The van der Waals surface area contributed by atoms with E-state index >= 15 is 0 Å². The third-order valence-electron chi connectivity index (χ3n) is 1.80. The number of benzene rings is 1.